The molecule has 1 N–H and O–H groups in total. The molecule has 0 spiro atoms. The summed E-state index contributed by atoms with van der Waals surface area (Å²) in [7, 11) is -3.77. The van der Waals surface area contributed by atoms with Crippen molar-refractivity contribution in [1.29, 1.82) is 0 Å². The summed E-state index contributed by atoms with van der Waals surface area (Å²) in [5.41, 5.74) is -1.34. The predicted molar refractivity (Wildman–Crippen MR) is 78.7 cm³/mol. The number of carboxylic acids is 1. The van der Waals surface area contributed by atoms with Gasteiger partial charge in [-0.05, 0) is 6.92 Å². The molecule has 23 heavy (non-hydrogen) atoms. The second-order valence-electron chi connectivity index (χ2n) is 6.18. The highest BCUT2D eigenvalue weighted by molar-refractivity contribution is 7.86. The van der Waals surface area contributed by atoms with Gasteiger partial charge in [0.1, 0.15) is 5.41 Å². The van der Waals surface area contributed by atoms with Crippen LogP contribution in [0.2, 0.25) is 0 Å². The number of carbonyl (C=O) groups excluding carboxylic acids is 1. The first-order valence-corrected chi connectivity index (χ1v) is 9.08. The molecule has 0 bridgehead atoms. The van der Waals surface area contributed by atoms with Gasteiger partial charge in [-0.15, -0.1) is 0 Å². The van der Waals surface area contributed by atoms with Crippen LogP contribution in [0.15, 0.2) is 0 Å². The first-order chi connectivity index (χ1) is 10.8. The minimum atomic E-state index is -3.77. The Morgan fingerprint density at radius 2 is 1.96 bits per heavy atom. The fourth-order valence-corrected chi connectivity index (χ4v) is 5.32. The molecule has 0 aromatic heterocycles. The van der Waals surface area contributed by atoms with E-state index in [0.29, 0.717) is 19.8 Å². The van der Waals surface area contributed by atoms with Crippen LogP contribution in [0.5, 0.6) is 0 Å². The summed E-state index contributed by atoms with van der Waals surface area (Å²) in [6.07, 6.45) is 0. The minimum absolute atomic E-state index is 0.0669. The van der Waals surface area contributed by atoms with Gasteiger partial charge in [0.25, 0.3) is 10.2 Å². The summed E-state index contributed by atoms with van der Waals surface area (Å²) >= 11 is 0. The summed E-state index contributed by atoms with van der Waals surface area (Å²) in [6, 6.07) is 0. The normalized spacial score (nSPS) is 33.2. The highest BCUT2D eigenvalue weighted by Crippen LogP contribution is 2.44. The number of rotatable bonds is 4. The SMILES string of the molecule is CCN1C[C@]2(C(=O)O)CN(S(=O)(=O)N3CCOCC3)C[C@@H]2C1=O. The van der Waals surface area contributed by atoms with Crippen molar-refractivity contribution in [3.63, 3.8) is 0 Å². The van der Waals surface area contributed by atoms with Crippen LogP contribution in [-0.2, 0) is 24.5 Å². The highest BCUT2D eigenvalue weighted by Gasteiger charge is 2.63. The van der Waals surface area contributed by atoms with Crippen molar-refractivity contribution in [3.8, 4) is 0 Å². The summed E-state index contributed by atoms with van der Waals surface area (Å²) in [4.78, 5) is 25.7. The minimum Gasteiger partial charge on any atom is -0.481 e. The molecule has 0 aromatic carbocycles. The van der Waals surface area contributed by atoms with E-state index in [0.717, 1.165) is 4.31 Å². The van der Waals surface area contributed by atoms with E-state index in [1.54, 1.807) is 6.92 Å². The monoisotopic (exact) mass is 347 g/mol. The molecule has 3 heterocycles. The lowest BCUT2D eigenvalue weighted by atomic mass is 9.81. The van der Waals surface area contributed by atoms with Gasteiger partial charge < -0.3 is 14.7 Å². The average molecular weight is 347 g/mol. The number of morpholine rings is 1. The molecule has 0 unspecified atom stereocenters. The van der Waals surface area contributed by atoms with Gasteiger partial charge >= 0.3 is 5.97 Å². The zero-order valence-electron chi connectivity index (χ0n) is 13.0. The van der Waals surface area contributed by atoms with Gasteiger partial charge in [-0.2, -0.15) is 17.0 Å². The average Bonchev–Trinajstić information content (AvgIpc) is 3.05. The number of nitrogens with zero attached hydrogens (tertiary/aromatic N) is 3. The van der Waals surface area contributed by atoms with Gasteiger partial charge in [0.05, 0.1) is 19.1 Å². The van der Waals surface area contributed by atoms with Gasteiger partial charge in [-0.25, -0.2) is 0 Å². The maximum absolute atomic E-state index is 12.7. The maximum atomic E-state index is 12.7. The van der Waals surface area contributed by atoms with Gasteiger partial charge in [-0.1, -0.05) is 0 Å². The topological polar surface area (TPSA) is 107 Å². The quantitative estimate of drug-likeness (QED) is 0.658. The van der Waals surface area contributed by atoms with E-state index < -0.39 is 27.5 Å². The second-order valence-corrected chi connectivity index (χ2v) is 8.11. The van der Waals surface area contributed by atoms with E-state index in [1.165, 1.54) is 9.21 Å². The van der Waals surface area contributed by atoms with E-state index in [9.17, 15) is 23.1 Å². The molecule has 130 valence electrons. The zero-order chi connectivity index (χ0) is 16.8. The van der Waals surface area contributed by atoms with Gasteiger partial charge in [-0.3, -0.25) is 9.59 Å². The first kappa shape index (κ1) is 16.6. The standard InChI is InChI=1S/C13H21N3O6S/c1-2-14-8-13(12(18)19)9-16(7-10(13)11(14)17)23(20,21)15-3-5-22-6-4-15/h10H,2-9H2,1H3,(H,18,19)/t10-,13+/m1/s1. The molecule has 0 radical (unpaired) electrons. The number of amides is 1. The predicted octanol–water partition coefficient (Wildman–Crippen LogP) is -1.57. The number of fused-ring (bicyclic) bond motifs is 1. The Morgan fingerprint density at radius 3 is 2.48 bits per heavy atom. The van der Waals surface area contributed by atoms with Crippen molar-refractivity contribution in [1.82, 2.24) is 13.5 Å². The fourth-order valence-electron chi connectivity index (χ4n) is 3.65. The molecular formula is C13H21N3O6S. The molecule has 0 aliphatic carbocycles. The highest BCUT2D eigenvalue weighted by atomic mass is 32.2. The Balaban J connectivity index is 1.86. The van der Waals surface area contributed by atoms with Crippen molar-refractivity contribution in [2.45, 2.75) is 6.92 Å². The van der Waals surface area contributed by atoms with Crippen molar-refractivity contribution < 1.29 is 27.9 Å². The van der Waals surface area contributed by atoms with Crippen molar-refractivity contribution in [3.05, 3.63) is 0 Å². The van der Waals surface area contributed by atoms with Crippen LogP contribution in [-0.4, -0.2) is 91.4 Å². The third-order valence-corrected chi connectivity index (χ3v) is 6.97. The molecule has 0 aromatic rings. The molecule has 3 aliphatic heterocycles. The molecule has 3 fully saturated rings. The van der Waals surface area contributed by atoms with Crippen molar-refractivity contribution in [2.75, 3.05) is 52.5 Å². The van der Waals surface area contributed by atoms with Gasteiger partial charge in [0, 0.05) is 39.3 Å². The number of aliphatic carboxylic acids is 1. The van der Waals surface area contributed by atoms with Crippen LogP contribution >= 0.6 is 0 Å². The Hall–Kier alpha value is -1.23. The third kappa shape index (κ3) is 2.44. The molecule has 2 atom stereocenters. The molecule has 1 amide bonds. The van der Waals surface area contributed by atoms with Crippen LogP contribution in [0.4, 0.5) is 0 Å². The number of likely N-dealkylation sites (tertiary alicyclic amines) is 1. The van der Waals surface area contributed by atoms with Crippen molar-refractivity contribution in [2.24, 2.45) is 11.3 Å². The number of carbonyl (C=O) groups is 2. The van der Waals surface area contributed by atoms with E-state index >= 15 is 0 Å². The summed E-state index contributed by atoms with van der Waals surface area (Å²) in [6.45, 7) is 3.20. The smallest absolute Gasteiger partial charge is 0.313 e. The lowest BCUT2D eigenvalue weighted by Gasteiger charge is -2.31. The first-order valence-electron chi connectivity index (χ1n) is 7.68. The van der Waals surface area contributed by atoms with Crippen molar-refractivity contribution >= 4 is 22.1 Å². The molecule has 3 rings (SSSR count). The fraction of sp³-hybridized carbons (Fsp3) is 0.846. The number of ether oxygens (including phenoxy) is 1. The lowest BCUT2D eigenvalue weighted by Crippen LogP contribution is -2.49. The van der Waals surface area contributed by atoms with E-state index in [2.05, 4.69) is 0 Å². The van der Waals surface area contributed by atoms with Crippen LogP contribution in [0.25, 0.3) is 0 Å². The van der Waals surface area contributed by atoms with Gasteiger partial charge in [0.15, 0.2) is 0 Å². The summed E-state index contributed by atoms with van der Waals surface area (Å²) in [5.74, 6) is -2.18. The zero-order valence-corrected chi connectivity index (χ0v) is 13.8. The molecule has 3 saturated heterocycles. The maximum Gasteiger partial charge on any atom is 0.313 e. The van der Waals surface area contributed by atoms with E-state index in [1.807, 2.05) is 0 Å². The number of hydrogen-bond donors (Lipinski definition) is 1. The lowest BCUT2D eigenvalue weighted by molar-refractivity contribution is -0.149. The molecule has 10 heteroatoms. The van der Waals surface area contributed by atoms with Crippen LogP contribution in [0, 0.1) is 11.3 Å². The van der Waals surface area contributed by atoms with Crippen LogP contribution in [0.3, 0.4) is 0 Å². The van der Waals surface area contributed by atoms with Crippen LogP contribution < -0.4 is 0 Å². The van der Waals surface area contributed by atoms with Crippen LogP contribution in [0.1, 0.15) is 6.92 Å². The number of hydrogen-bond acceptors (Lipinski definition) is 5. The number of carboxylic acid groups (broad SMARTS) is 1. The molecule has 9 nitrogen and oxygen atoms in total. The Bertz CT molecular complexity index is 617. The van der Waals surface area contributed by atoms with Gasteiger partial charge in [0.2, 0.25) is 5.91 Å². The Morgan fingerprint density at radius 1 is 1.30 bits per heavy atom. The van der Waals surface area contributed by atoms with E-state index in [-0.39, 0.29) is 38.6 Å². The molecule has 0 saturated carbocycles. The Kier molecular flexibility index (Phi) is 4.11. The Labute approximate surface area is 135 Å². The van der Waals surface area contributed by atoms with E-state index in [4.69, 9.17) is 4.74 Å². The second kappa shape index (κ2) is 5.69. The largest absolute Gasteiger partial charge is 0.481 e. The molecule has 3 aliphatic rings. The summed E-state index contributed by atoms with van der Waals surface area (Å²) in [5, 5.41) is 9.67. The molecular weight excluding hydrogens is 326 g/mol. The third-order valence-electron chi connectivity index (χ3n) is 5.02. The summed E-state index contributed by atoms with van der Waals surface area (Å²) < 4.78 is 33.1.